The molecule has 3 aromatic carbocycles. The van der Waals surface area contributed by atoms with Gasteiger partial charge in [0.25, 0.3) is 0 Å². The second-order valence-corrected chi connectivity index (χ2v) is 17.4. The van der Waals surface area contributed by atoms with Crippen LogP contribution in [0.1, 0.15) is 83.3 Å². The molecule has 4 aliphatic heterocycles. The summed E-state index contributed by atoms with van der Waals surface area (Å²) in [7, 11) is 4.09. The summed E-state index contributed by atoms with van der Waals surface area (Å²) in [6, 6.07) is 12.8. The number of carbonyl (C=O) groups excluding carboxylic acids is 4. The van der Waals surface area contributed by atoms with Gasteiger partial charge in [-0.25, -0.2) is 14.6 Å². The zero-order valence-electron chi connectivity index (χ0n) is 36.7. The first-order valence-electron chi connectivity index (χ1n) is 21.7. The van der Waals surface area contributed by atoms with E-state index in [1.54, 1.807) is 6.92 Å². The molecule has 2 fully saturated rings. The summed E-state index contributed by atoms with van der Waals surface area (Å²) in [5.74, 6) is 1.30. The van der Waals surface area contributed by atoms with Crippen LogP contribution < -0.4 is 15.4 Å². The molecule has 4 aliphatic rings. The Labute approximate surface area is 361 Å². The van der Waals surface area contributed by atoms with Crippen molar-refractivity contribution in [3.63, 3.8) is 0 Å². The molecule has 0 aliphatic carbocycles. The van der Waals surface area contributed by atoms with Crippen LogP contribution in [-0.4, -0.2) is 108 Å². The number of ether oxygens (including phenoxy) is 4. The quantitative estimate of drug-likeness (QED) is 0.141. The van der Waals surface area contributed by atoms with Crippen molar-refractivity contribution in [1.29, 1.82) is 0 Å². The van der Waals surface area contributed by atoms with Gasteiger partial charge in [0.2, 0.25) is 11.8 Å². The van der Waals surface area contributed by atoms with E-state index < -0.39 is 30.4 Å². The fourth-order valence-electron chi connectivity index (χ4n) is 9.77. The summed E-state index contributed by atoms with van der Waals surface area (Å²) in [4.78, 5) is 69.6. The number of hydrogen-bond donors (Lipinski definition) is 3. The predicted octanol–water partition coefficient (Wildman–Crippen LogP) is 7.24. The summed E-state index contributed by atoms with van der Waals surface area (Å²) >= 11 is 0. The Bertz CT molecular complexity index is 2430. The Hall–Kier alpha value is -5.96. The van der Waals surface area contributed by atoms with E-state index in [2.05, 4.69) is 71.9 Å². The van der Waals surface area contributed by atoms with Crippen LogP contribution >= 0.6 is 0 Å². The number of methoxy groups -OCH3 is 3. The highest BCUT2D eigenvalue weighted by Gasteiger charge is 2.44. The van der Waals surface area contributed by atoms with Gasteiger partial charge in [-0.15, -0.1) is 0 Å². The third-order valence-electron chi connectivity index (χ3n) is 13.2. The minimum absolute atomic E-state index is 0.0353. The molecule has 4 amide bonds. The van der Waals surface area contributed by atoms with Crippen LogP contribution in [0.5, 0.6) is 5.75 Å². The molecule has 0 spiro atoms. The molecule has 0 unspecified atom stereocenters. The Balaban J connectivity index is 1.02. The van der Waals surface area contributed by atoms with Gasteiger partial charge in [0, 0.05) is 37.4 Å². The Morgan fingerprint density at radius 3 is 2.39 bits per heavy atom. The first kappa shape index (κ1) is 42.7. The van der Waals surface area contributed by atoms with Crippen LogP contribution in [0, 0.1) is 11.8 Å². The van der Waals surface area contributed by atoms with Gasteiger partial charge in [0.05, 0.1) is 50.0 Å². The van der Waals surface area contributed by atoms with E-state index in [0.717, 1.165) is 92.9 Å². The number of alkyl carbamates (subject to hydrolysis) is 2. The third kappa shape index (κ3) is 7.86. The Morgan fingerprint density at radius 1 is 0.919 bits per heavy atom. The molecule has 15 nitrogen and oxygen atoms in total. The zero-order chi connectivity index (χ0) is 44.0. The zero-order valence-corrected chi connectivity index (χ0v) is 36.7. The van der Waals surface area contributed by atoms with Crippen molar-refractivity contribution >= 4 is 46.2 Å². The number of hydrogen-bond acceptors (Lipinski definition) is 10. The van der Waals surface area contributed by atoms with Crippen LogP contribution in [-0.2, 0) is 36.8 Å². The normalized spacial score (nSPS) is 21.7. The summed E-state index contributed by atoms with van der Waals surface area (Å²) in [6.45, 7) is 10.7. The highest BCUT2D eigenvalue weighted by atomic mass is 16.5. The van der Waals surface area contributed by atoms with Gasteiger partial charge in [-0.05, 0) is 102 Å². The molecule has 62 heavy (non-hydrogen) atoms. The molecule has 8 rings (SSSR count). The number of rotatable bonds is 11. The van der Waals surface area contributed by atoms with Gasteiger partial charge in [-0.2, -0.15) is 0 Å². The predicted molar refractivity (Wildman–Crippen MR) is 234 cm³/mol. The lowest BCUT2D eigenvalue weighted by molar-refractivity contribution is -0.138. The summed E-state index contributed by atoms with van der Waals surface area (Å²) in [5, 5.41) is 7.57. The van der Waals surface area contributed by atoms with Crippen LogP contribution in [0.2, 0.25) is 0 Å². The summed E-state index contributed by atoms with van der Waals surface area (Å²) in [6.07, 6.45) is 3.73. The van der Waals surface area contributed by atoms with E-state index in [1.165, 1.54) is 21.3 Å². The van der Waals surface area contributed by atoms with E-state index in [-0.39, 0.29) is 41.8 Å². The van der Waals surface area contributed by atoms with Crippen molar-refractivity contribution in [3.8, 4) is 28.1 Å². The van der Waals surface area contributed by atoms with Crippen molar-refractivity contribution < 1.29 is 38.1 Å². The number of amides is 4. The SMILES string of the molecule is CC[C@H]1CC[C@@H](c2ncc(-c3ccc4c(c3)COc3cc5c6c(ccc5cc3-4)N=C([C@@H]3C[C@H](C)CN3C(=O)[C@@H](NC(=O)OC)[C@@H](C)OC)C6)[nH]2)N1C(=O)[C@@H](NC(=O)OC)C(C)C. The standard InChI is InChI=1S/C47H57N7O8/c1-9-30-12-15-38(54(30)45(56)41(24(2)3)51-46(57)60-7)43-48-21-37(50-43)28-10-13-31-29(17-28)23-62-40-20-32-27(18-34(31)40)11-14-35-33(32)19-36(49-35)39-16-25(4)22-53(39)44(55)42(26(5)59-6)52-47(58)61-8/h10-11,13-14,17-18,20-21,24-26,30,38-39,41-42H,9,12,15-16,19,22-23H2,1-8H3,(H,48,50)(H,51,57)(H,52,58)/t25-,26+,30-,38-,39-,41-,42-/m0/s1. The lowest BCUT2D eigenvalue weighted by atomic mass is 9.90. The minimum atomic E-state index is -0.902. The smallest absolute Gasteiger partial charge is 0.407 e. The minimum Gasteiger partial charge on any atom is -0.488 e. The van der Waals surface area contributed by atoms with Gasteiger partial charge in [-0.1, -0.05) is 45.9 Å². The Morgan fingerprint density at radius 2 is 1.68 bits per heavy atom. The van der Waals surface area contributed by atoms with Gasteiger partial charge in [0.1, 0.15) is 30.3 Å². The maximum Gasteiger partial charge on any atom is 0.407 e. The molecule has 4 aromatic rings. The van der Waals surface area contributed by atoms with Crippen LogP contribution in [0.25, 0.3) is 33.2 Å². The second-order valence-electron chi connectivity index (χ2n) is 17.4. The number of aromatic amines is 1. The van der Waals surface area contributed by atoms with Gasteiger partial charge in [-0.3, -0.25) is 14.6 Å². The number of imidazole rings is 1. The number of H-pyrrole nitrogens is 1. The average Bonchev–Trinajstić information content (AvgIpc) is 4.11. The lowest BCUT2D eigenvalue weighted by Crippen LogP contribution is -2.56. The van der Waals surface area contributed by atoms with E-state index in [0.29, 0.717) is 19.6 Å². The first-order chi connectivity index (χ1) is 29.8. The highest BCUT2D eigenvalue weighted by Crippen LogP contribution is 2.45. The van der Waals surface area contributed by atoms with Crippen molar-refractivity contribution in [1.82, 2.24) is 30.4 Å². The van der Waals surface area contributed by atoms with E-state index in [1.807, 2.05) is 29.8 Å². The van der Waals surface area contributed by atoms with Crippen LogP contribution in [0.3, 0.4) is 0 Å². The molecule has 0 saturated carbocycles. The maximum atomic E-state index is 14.0. The van der Waals surface area contributed by atoms with Gasteiger partial charge in [0.15, 0.2) is 0 Å². The van der Waals surface area contributed by atoms with E-state index in [4.69, 9.17) is 28.9 Å². The molecule has 15 heteroatoms. The number of aromatic nitrogens is 2. The summed E-state index contributed by atoms with van der Waals surface area (Å²) in [5.41, 5.74) is 7.90. The molecule has 2 saturated heterocycles. The van der Waals surface area contributed by atoms with Crippen molar-refractivity contribution in [2.24, 2.45) is 16.8 Å². The topological polar surface area (TPSA) is 177 Å². The third-order valence-corrected chi connectivity index (χ3v) is 13.2. The van der Waals surface area contributed by atoms with Crippen molar-refractivity contribution in [2.45, 2.75) is 110 Å². The van der Waals surface area contributed by atoms with Crippen molar-refractivity contribution in [3.05, 3.63) is 65.6 Å². The lowest BCUT2D eigenvalue weighted by Gasteiger charge is -2.34. The average molecular weight is 848 g/mol. The number of nitrogens with one attached hydrogen (secondary N) is 3. The first-order valence-corrected chi connectivity index (χ1v) is 21.7. The largest absolute Gasteiger partial charge is 0.488 e. The maximum absolute atomic E-state index is 14.0. The molecule has 3 N–H and O–H groups in total. The van der Waals surface area contributed by atoms with Crippen molar-refractivity contribution in [2.75, 3.05) is 27.9 Å². The van der Waals surface area contributed by atoms with E-state index in [9.17, 15) is 19.2 Å². The fourth-order valence-corrected chi connectivity index (χ4v) is 9.77. The summed E-state index contributed by atoms with van der Waals surface area (Å²) < 4.78 is 21.6. The monoisotopic (exact) mass is 847 g/mol. The molecule has 5 heterocycles. The number of fused-ring (bicyclic) bond motifs is 6. The number of aliphatic imine (C=N–C) groups is 1. The second kappa shape index (κ2) is 17.4. The number of benzene rings is 3. The number of likely N-dealkylation sites (tertiary alicyclic amines) is 2. The highest BCUT2D eigenvalue weighted by molar-refractivity contribution is 6.06. The molecule has 0 bridgehead atoms. The molecule has 0 radical (unpaired) electrons. The fraction of sp³-hybridized carbons (Fsp3) is 0.489. The van der Waals surface area contributed by atoms with E-state index >= 15 is 0 Å². The number of carbonyl (C=O) groups is 4. The number of nitrogens with zero attached hydrogens (tertiary/aromatic N) is 4. The molecular weight excluding hydrogens is 791 g/mol. The Kier molecular flexibility index (Phi) is 12.0. The van der Waals surface area contributed by atoms with Gasteiger partial charge < -0.3 is 44.4 Å². The van der Waals surface area contributed by atoms with Crippen LogP contribution in [0.4, 0.5) is 15.3 Å². The van der Waals surface area contributed by atoms with Gasteiger partial charge >= 0.3 is 12.2 Å². The molecule has 328 valence electrons. The molecule has 1 aromatic heterocycles. The van der Waals surface area contributed by atoms with Crippen LogP contribution in [0.15, 0.2) is 53.7 Å². The molecular formula is C47H57N7O8. The molecule has 7 atom stereocenters.